The number of aromatic nitrogens is 3. The Morgan fingerprint density at radius 1 is 1.38 bits per heavy atom. The third-order valence-electron chi connectivity index (χ3n) is 4.05. The van der Waals surface area contributed by atoms with Crippen LogP contribution < -0.4 is 10.6 Å². The lowest BCUT2D eigenvalue weighted by molar-refractivity contribution is -0.0273. The fourth-order valence-electron chi connectivity index (χ4n) is 2.87. The van der Waals surface area contributed by atoms with Crippen LogP contribution >= 0.6 is 11.6 Å². The second-order valence-corrected chi connectivity index (χ2v) is 6.17. The van der Waals surface area contributed by atoms with Crippen LogP contribution in [0.4, 0.5) is 0 Å². The maximum atomic E-state index is 11.8. The molecule has 1 aliphatic heterocycles. The van der Waals surface area contributed by atoms with Crippen LogP contribution in [0.3, 0.4) is 0 Å². The molecule has 2 atom stereocenters. The SMILES string of the molecule is CNC(=O)c1cc(-c2cc([C@H]3OCCN[C@@H]3COC)cc(Cl)n2)ncn1. The summed E-state index contributed by atoms with van der Waals surface area (Å²) in [5, 5.41) is 6.25. The molecule has 1 fully saturated rings. The molecular formula is C17H20ClN5O3. The molecule has 1 amide bonds. The van der Waals surface area contributed by atoms with Crippen molar-refractivity contribution in [3.8, 4) is 11.4 Å². The normalized spacial score (nSPS) is 20.0. The van der Waals surface area contributed by atoms with Crippen molar-refractivity contribution >= 4 is 17.5 Å². The Balaban J connectivity index is 1.96. The maximum absolute atomic E-state index is 11.8. The smallest absolute Gasteiger partial charge is 0.269 e. The number of pyridine rings is 1. The fourth-order valence-corrected chi connectivity index (χ4v) is 3.09. The van der Waals surface area contributed by atoms with Crippen molar-refractivity contribution in [3.05, 3.63) is 40.9 Å². The van der Waals surface area contributed by atoms with Crippen molar-refractivity contribution in [1.82, 2.24) is 25.6 Å². The molecule has 138 valence electrons. The number of amides is 1. The molecule has 0 aliphatic carbocycles. The molecule has 0 unspecified atom stereocenters. The van der Waals surface area contributed by atoms with Crippen LogP contribution in [0.15, 0.2) is 24.5 Å². The highest BCUT2D eigenvalue weighted by molar-refractivity contribution is 6.29. The largest absolute Gasteiger partial charge is 0.383 e. The molecule has 1 saturated heterocycles. The molecule has 0 spiro atoms. The summed E-state index contributed by atoms with van der Waals surface area (Å²) in [7, 11) is 3.20. The minimum absolute atomic E-state index is 0.00639. The van der Waals surface area contributed by atoms with Gasteiger partial charge in [-0.05, 0) is 23.8 Å². The fraction of sp³-hybridized carbons (Fsp3) is 0.412. The van der Waals surface area contributed by atoms with E-state index >= 15 is 0 Å². The van der Waals surface area contributed by atoms with Crippen LogP contribution in [0.1, 0.15) is 22.2 Å². The number of halogens is 1. The number of rotatable bonds is 5. The first-order valence-corrected chi connectivity index (χ1v) is 8.56. The molecule has 2 aromatic rings. The van der Waals surface area contributed by atoms with E-state index in [9.17, 15) is 4.79 Å². The van der Waals surface area contributed by atoms with E-state index in [2.05, 4.69) is 25.6 Å². The average Bonchev–Trinajstić information content (AvgIpc) is 2.67. The van der Waals surface area contributed by atoms with E-state index in [0.717, 1.165) is 12.1 Å². The molecular weight excluding hydrogens is 358 g/mol. The van der Waals surface area contributed by atoms with Gasteiger partial charge in [0.25, 0.3) is 5.91 Å². The molecule has 2 N–H and O–H groups in total. The Kier molecular flexibility index (Phi) is 6.10. The Morgan fingerprint density at radius 3 is 3.00 bits per heavy atom. The van der Waals surface area contributed by atoms with Gasteiger partial charge in [0.05, 0.1) is 30.6 Å². The van der Waals surface area contributed by atoms with Gasteiger partial charge in [0.2, 0.25) is 0 Å². The van der Waals surface area contributed by atoms with Gasteiger partial charge in [0.1, 0.15) is 23.3 Å². The summed E-state index contributed by atoms with van der Waals surface area (Å²) in [6.45, 7) is 1.86. The third-order valence-corrected chi connectivity index (χ3v) is 4.25. The lowest BCUT2D eigenvalue weighted by Gasteiger charge is -2.32. The van der Waals surface area contributed by atoms with Gasteiger partial charge < -0.3 is 20.1 Å². The molecule has 0 bridgehead atoms. The average molecular weight is 378 g/mol. The van der Waals surface area contributed by atoms with Crippen molar-refractivity contribution in [2.75, 3.05) is 33.9 Å². The summed E-state index contributed by atoms with van der Waals surface area (Å²) in [6, 6.07) is 5.22. The summed E-state index contributed by atoms with van der Waals surface area (Å²) in [6.07, 6.45) is 1.11. The van der Waals surface area contributed by atoms with E-state index in [4.69, 9.17) is 21.1 Å². The molecule has 3 heterocycles. The van der Waals surface area contributed by atoms with Crippen LogP contribution in [0, 0.1) is 0 Å². The zero-order valence-electron chi connectivity index (χ0n) is 14.5. The van der Waals surface area contributed by atoms with E-state index < -0.39 is 0 Å². The number of carbonyl (C=O) groups excluding carboxylic acids is 1. The summed E-state index contributed by atoms with van der Waals surface area (Å²) in [5.74, 6) is -0.295. The van der Waals surface area contributed by atoms with E-state index in [1.54, 1.807) is 26.3 Å². The first kappa shape index (κ1) is 18.7. The summed E-state index contributed by atoms with van der Waals surface area (Å²) in [5.41, 5.74) is 2.18. The Morgan fingerprint density at radius 2 is 2.23 bits per heavy atom. The van der Waals surface area contributed by atoms with E-state index in [-0.39, 0.29) is 23.7 Å². The highest BCUT2D eigenvalue weighted by Gasteiger charge is 2.28. The maximum Gasteiger partial charge on any atom is 0.269 e. The first-order chi connectivity index (χ1) is 12.6. The minimum atomic E-state index is -0.295. The summed E-state index contributed by atoms with van der Waals surface area (Å²) >= 11 is 6.23. The van der Waals surface area contributed by atoms with Gasteiger partial charge in [-0.15, -0.1) is 0 Å². The summed E-state index contributed by atoms with van der Waals surface area (Å²) in [4.78, 5) is 24.3. The lowest BCUT2D eigenvalue weighted by Crippen LogP contribution is -2.46. The zero-order valence-corrected chi connectivity index (χ0v) is 15.3. The van der Waals surface area contributed by atoms with Gasteiger partial charge in [0, 0.05) is 20.7 Å². The number of hydrogen-bond donors (Lipinski definition) is 2. The van der Waals surface area contributed by atoms with Gasteiger partial charge in [-0.3, -0.25) is 4.79 Å². The molecule has 1 aliphatic rings. The number of nitrogens with zero attached hydrogens (tertiary/aromatic N) is 3. The zero-order chi connectivity index (χ0) is 18.5. The number of methoxy groups -OCH3 is 1. The number of nitrogens with one attached hydrogen (secondary N) is 2. The third kappa shape index (κ3) is 4.16. The lowest BCUT2D eigenvalue weighted by atomic mass is 10.0. The molecule has 26 heavy (non-hydrogen) atoms. The molecule has 0 aromatic carbocycles. The van der Waals surface area contributed by atoms with Gasteiger partial charge in [0.15, 0.2) is 0 Å². The van der Waals surface area contributed by atoms with Gasteiger partial charge >= 0.3 is 0 Å². The molecule has 0 radical (unpaired) electrons. The number of hydrogen-bond acceptors (Lipinski definition) is 7. The predicted molar refractivity (Wildman–Crippen MR) is 96.0 cm³/mol. The van der Waals surface area contributed by atoms with Crippen molar-refractivity contribution < 1.29 is 14.3 Å². The van der Waals surface area contributed by atoms with Crippen LogP contribution in [-0.2, 0) is 9.47 Å². The Bertz CT molecular complexity index is 787. The van der Waals surface area contributed by atoms with Gasteiger partial charge in [-0.25, -0.2) is 15.0 Å². The van der Waals surface area contributed by atoms with Crippen molar-refractivity contribution in [2.24, 2.45) is 0 Å². The second-order valence-electron chi connectivity index (χ2n) is 5.78. The molecule has 0 saturated carbocycles. The molecule has 3 rings (SSSR count). The number of carbonyl (C=O) groups is 1. The molecule has 2 aromatic heterocycles. The second kappa shape index (κ2) is 8.50. The van der Waals surface area contributed by atoms with E-state index in [0.29, 0.717) is 29.8 Å². The van der Waals surface area contributed by atoms with Crippen molar-refractivity contribution in [2.45, 2.75) is 12.1 Å². The summed E-state index contributed by atoms with van der Waals surface area (Å²) < 4.78 is 11.2. The van der Waals surface area contributed by atoms with Gasteiger partial charge in [-0.2, -0.15) is 0 Å². The minimum Gasteiger partial charge on any atom is -0.383 e. The Hall–Kier alpha value is -2.13. The topological polar surface area (TPSA) is 98.3 Å². The van der Waals surface area contributed by atoms with Crippen LogP contribution in [0.25, 0.3) is 11.4 Å². The molecule has 9 heteroatoms. The standard InChI is InChI=1S/C17H20ClN5O3/c1-19-17(24)13-7-11(21-9-22-13)12-5-10(6-15(18)23-12)16-14(8-25-2)20-3-4-26-16/h5-7,9,14,16,20H,3-4,8H2,1-2H3,(H,19,24)/t14-,16-/m1/s1. The van der Waals surface area contributed by atoms with Crippen molar-refractivity contribution in [1.29, 1.82) is 0 Å². The van der Waals surface area contributed by atoms with Crippen LogP contribution in [0.5, 0.6) is 0 Å². The van der Waals surface area contributed by atoms with Crippen LogP contribution in [0.2, 0.25) is 5.15 Å². The van der Waals surface area contributed by atoms with E-state index in [1.165, 1.54) is 6.33 Å². The first-order valence-electron chi connectivity index (χ1n) is 8.18. The molecule has 8 nitrogen and oxygen atoms in total. The van der Waals surface area contributed by atoms with E-state index in [1.807, 2.05) is 6.07 Å². The highest BCUT2D eigenvalue weighted by atomic mass is 35.5. The van der Waals surface area contributed by atoms with Crippen molar-refractivity contribution in [3.63, 3.8) is 0 Å². The predicted octanol–water partition coefficient (Wildman–Crippen LogP) is 1.23. The highest BCUT2D eigenvalue weighted by Crippen LogP contribution is 2.29. The Labute approximate surface area is 156 Å². The van der Waals surface area contributed by atoms with Gasteiger partial charge in [-0.1, -0.05) is 11.6 Å². The quantitative estimate of drug-likeness (QED) is 0.756. The monoisotopic (exact) mass is 377 g/mol. The number of ether oxygens (including phenoxy) is 2. The van der Waals surface area contributed by atoms with Crippen LogP contribution in [-0.4, -0.2) is 60.8 Å². The number of morpholine rings is 1.